The molecule has 1 fully saturated rings. The summed E-state index contributed by atoms with van der Waals surface area (Å²) < 4.78 is 7.12. The Kier molecular flexibility index (Phi) is 4.70. The van der Waals surface area contributed by atoms with Crippen LogP contribution in [0.15, 0.2) is 41.1 Å². The van der Waals surface area contributed by atoms with Crippen LogP contribution in [-0.4, -0.2) is 34.5 Å². The van der Waals surface area contributed by atoms with Crippen molar-refractivity contribution in [3.63, 3.8) is 0 Å². The molecule has 0 radical (unpaired) electrons. The molecule has 2 aromatic rings. The topological polar surface area (TPSA) is 66.2 Å². The molecule has 29 heavy (non-hydrogen) atoms. The van der Waals surface area contributed by atoms with Crippen LogP contribution in [0, 0.1) is 22.2 Å². The van der Waals surface area contributed by atoms with Crippen LogP contribution in [0.3, 0.4) is 0 Å². The fourth-order valence-electron chi connectivity index (χ4n) is 5.59. The van der Waals surface area contributed by atoms with Crippen molar-refractivity contribution < 1.29 is 9.53 Å². The molecule has 1 amide bonds. The maximum Gasteiger partial charge on any atom is 0.256 e. The smallest absolute Gasteiger partial charge is 0.256 e. The fraction of sp³-hybridized carbons (Fsp3) is 0.435. The second-order valence-corrected chi connectivity index (χ2v) is 9.93. The molecule has 0 bridgehead atoms. The Bertz CT molecular complexity index is 1010. The van der Waals surface area contributed by atoms with Gasteiger partial charge in [-0.05, 0) is 52.2 Å². The van der Waals surface area contributed by atoms with Crippen LogP contribution in [0.4, 0.5) is 0 Å². The van der Waals surface area contributed by atoms with Gasteiger partial charge >= 0.3 is 0 Å². The molecule has 0 N–H and O–H groups in total. The zero-order valence-corrected chi connectivity index (χ0v) is 18.7. The predicted molar refractivity (Wildman–Crippen MR) is 114 cm³/mol. The standard InChI is InChI=1S/C23H24BrN3O2/c1-22(2)20(27-10-8-14-7-9-26-13-17(14)19(27)28)23(3,4)21(22)29-16-6-5-15(12-25)18(24)11-16/h5-7,9,11,13,20-21H,8,10H2,1-4H3. The highest BCUT2D eigenvalue weighted by Crippen LogP contribution is 2.58. The van der Waals surface area contributed by atoms with E-state index in [0.29, 0.717) is 17.7 Å². The normalized spacial score (nSPS) is 24.3. The van der Waals surface area contributed by atoms with Crippen LogP contribution in [0.2, 0.25) is 0 Å². The molecule has 1 aliphatic carbocycles. The van der Waals surface area contributed by atoms with Crippen molar-refractivity contribution in [1.82, 2.24) is 9.88 Å². The molecule has 0 atom stereocenters. The number of carbonyl (C=O) groups is 1. The number of hydrogen-bond donors (Lipinski definition) is 0. The van der Waals surface area contributed by atoms with Gasteiger partial charge in [0, 0.05) is 40.3 Å². The van der Waals surface area contributed by atoms with Crippen LogP contribution in [0.25, 0.3) is 0 Å². The lowest BCUT2D eigenvalue weighted by molar-refractivity contribution is -0.199. The molecule has 2 heterocycles. The molecule has 0 unspecified atom stereocenters. The van der Waals surface area contributed by atoms with Gasteiger partial charge < -0.3 is 9.64 Å². The summed E-state index contributed by atoms with van der Waals surface area (Å²) in [5, 5.41) is 9.13. The van der Waals surface area contributed by atoms with E-state index < -0.39 is 0 Å². The number of ether oxygens (including phenoxy) is 1. The van der Waals surface area contributed by atoms with E-state index in [2.05, 4.69) is 54.7 Å². The van der Waals surface area contributed by atoms with Gasteiger partial charge in [-0.25, -0.2) is 0 Å². The molecule has 0 spiro atoms. The van der Waals surface area contributed by atoms with Crippen molar-refractivity contribution in [1.29, 1.82) is 5.26 Å². The van der Waals surface area contributed by atoms with Gasteiger partial charge in [0.05, 0.1) is 11.1 Å². The lowest BCUT2D eigenvalue weighted by Gasteiger charge is -2.66. The van der Waals surface area contributed by atoms with Gasteiger partial charge in [-0.3, -0.25) is 9.78 Å². The predicted octanol–water partition coefficient (Wildman–Crippen LogP) is 4.60. The monoisotopic (exact) mass is 453 g/mol. The number of carbonyl (C=O) groups excluding carboxylic acids is 1. The molecular formula is C23H24BrN3O2. The molecule has 2 aliphatic rings. The van der Waals surface area contributed by atoms with Crippen molar-refractivity contribution in [2.75, 3.05) is 6.54 Å². The van der Waals surface area contributed by atoms with Gasteiger partial charge in [0.1, 0.15) is 17.9 Å². The van der Waals surface area contributed by atoms with Crippen LogP contribution in [-0.2, 0) is 6.42 Å². The highest BCUT2D eigenvalue weighted by Gasteiger charge is 2.66. The average molecular weight is 454 g/mol. The third-order valence-electron chi connectivity index (χ3n) is 6.41. The summed E-state index contributed by atoms with van der Waals surface area (Å²) >= 11 is 3.43. The minimum Gasteiger partial charge on any atom is -0.489 e. The first-order chi connectivity index (χ1) is 13.7. The first-order valence-electron chi connectivity index (χ1n) is 9.78. The molecular weight excluding hydrogens is 430 g/mol. The second-order valence-electron chi connectivity index (χ2n) is 9.08. The number of amides is 1. The van der Waals surface area contributed by atoms with E-state index in [4.69, 9.17) is 10.00 Å². The summed E-state index contributed by atoms with van der Waals surface area (Å²) in [6, 6.07) is 9.57. The van der Waals surface area contributed by atoms with E-state index in [1.165, 1.54) is 0 Å². The Balaban J connectivity index is 1.60. The largest absolute Gasteiger partial charge is 0.489 e. The molecule has 4 rings (SSSR count). The molecule has 1 aromatic carbocycles. The third-order valence-corrected chi connectivity index (χ3v) is 7.07. The van der Waals surface area contributed by atoms with E-state index in [-0.39, 0.29) is 28.9 Å². The number of benzene rings is 1. The van der Waals surface area contributed by atoms with E-state index in [1.54, 1.807) is 18.5 Å². The lowest BCUT2D eigenvalue weighted by Crippen LogP contribution is -2.75. The number of rotatable bonds is 3. The zero-order valence-electron chi connectivity index (χ0n) is 17.1. The van der Waals surface area contributed by atoms with E-state index in [0.717, 1.165) is 22.2 Å². The summed E-state index contributed by atoms with van der Waals surface area (Å²) in [6.07, 6.45) is 4.21. The van der Waals surface area contributed by atoms with Gasteiger partial charge in [-0.15, -0.1) is 0 Å². The van der Waals surface area contributed by atoms with Gasteiger partial charge in [0.25, 0.3) is 5.91 Å². The second kappa shape index (κ2) is 6.84. The quantitative estimate of drug-likeness (QED) is 0.680. The number of halogens is 1. The highest BCUT2D eigenvalue weighted by atomic mass is 79.9. The van der Waals surface area contributed by atoms with Crippen LogP contribution in [0.1, 0.15) is 49.2 Å². The SMILES string of the molecule is CC1(C)C(Oc2ccc(C#N)c(Br)c2)C(C)(C)C1N1CCc2ccncc2C1=O. The Morgan fingerprint density at radius 1 is 1.24 bits per heavy atom. The number of aromatic nitrogens is 1. The van der Waals surface area contributed by atoms with Gasteiger partial charge in [-0.1, -0.05) is 27.7 Å². The summed E-state index contributed by atoms with van der Waals surface area (Å²) in [5.41, 5.74) is 1.92. The van der Waals surface area contributed by atoms with E-state index in [9.17, 15) is 4.79 Å². The number of hydrogen-bond acceptors (Lipinski definition) is 4. The molecule has 5 nitrogen and oxygen atoms in total. The van der Waals surface area contributed by atoms with E-state index in [1.807, 2.05) is 23.1 Å². The summed E-state index contributed by atoms with van der Waals surface area (Å²) in [7, 11) is 0. The first-order valence-corrected chi connectivity index (χ1v) is 10.6. The maximum atomic E-state index is 13.2. The summed E-state index contributed by atoms with van der Waals surface area (Å²) in [4.78, 5) is 19.4. The van der Waals surface area contributed by atoms with Crippen LogP contribution >= 0.6 is 15.9 Å². The highest BCUT2D eigenvalue weighted by molar-refractivity contribution is 9.10. The number of nitrogens with zero attached hydrogens (tertiary/aromatic N) is 3. The summed E-state index contributed by atoms with van der Waals surface area (Å²) in [5.74, 6) is 0.782. The maximum absolute atomic E-state index is 13.2. The molecule has 6 heteroatoms. The Labute approximate surface area is 179 Å². The number of nitriles is 1. The average Bonchev–Trinajstić information content (AvgIpc) is 2.68. The Hall–Kier alpha value is -2.39. The van der Waals surface area contributed by atoms with Gasteiger partial charge in [-0.2, -0.15) is 5.26 Å². The van der Waals surface area contributed by atoms with Crippen molar-refractivity contribution in [2.45, 2.75) is 46.3 Å². The molecule has 1 saturated carbocycles. The number of fused-ring (bicyclic) bond motifs is 1. The van der Waals surface area contributed by atoms with Gasteiger partial charge in [0.15, 0.2) is 0 Å². The van der Waals surface area contributed by atoms with E-state index >= 15 is 0 Å². The van der Waals surface area contributed by atoms with Crippen molar-refractivity contribution in [2.24, 2.45) is 10.8 Å². The molecule has 1 aliphatic heterocycles. The fourth-order valence-corrected chi connectivity index (χ4v) is 6.03. The lowest BCUT2D eigenvalue weighted by atomic mass is 9.48. The zero-order chi connectivity index (χ0) is 21.0. The molecule has 1 aromatic heterocycles. The number of pyridine rings is 1. The minimum atomic E-state index is -0.223. The third kappa shape index (κ3) is 3.03. The Morgan fingerprint density at radius 2 is 1.97 bits per heavy atom. The van der Waals surface area contributed by atoms with Crippen molar-refractivity contribution in [3.05, 3.63) is 57.8 Å². The van der Waals surface area contributed by atoms with Crippen molar-refractivity contribution >= 4 is 21.8 Å². The van der Waals surface area contributed by atoms with Crippen LogP contribution < -0.4 is 4.74 Å². The minimum absolute atomic E-state index is 0.0580. The molecule has 0 saturated heterocycles. The summed E-state index contributed by atoms with van der Waals surface area (Å²) in [6.45, 7) is 9.37. The van der Waals surface area contributed by atoms with Gasteiger partial charge in [0.2, 0.25) is 0 Å². The van der Waals surface area contributed by atoms with Crippen molar-refractivity contribution in [3.8, 4) is 11.8 Å². The first kappa shape index (κ1) is 19.9. The van der Waals surface area contributed by atoms with Crippen LogP contribution in [0.5, 0.6) is 5.75 Å². The Morgan fingerprint density at radius 3 is 2.62 bits per heavy atom. The molecule has 150 valence electrons.